The molecule has 112 valence electrons. The molecule has 0 aromatic carbocycles. The number of nitrogens with one attached hydrogen (secondary N) is 2. The molecule has 1 heterocycles. The lowest BCUT2D eigenvalue weighted by molar-refractivity contribution is -0.142. The summed E-state index contributed by atoms with van der Waals surface area (Å²) in [6.07, 6.45) is 3.24. The number of aliphatic carboxylic acids is 1. The highest BCUT2D eigenvalue weighted by atomic mass is 16.4. The predicted octanol–water partition coefficient (Wildman–Crippen LogP) is -0.791. The van der Waals surface area contributed by atoms with Gasteiger partial charge >= 0.3 is 5.97 Å². The molecule has 0 aromatic heterocycles. The molecule has 2 amide bonds. The number of hydrogen-bond donors (Lipinski definition) is 4. The van der Waals surface area contributed by atoms with Gasteiger partial charge in [0.05, 0.1) is 6.04 Å². The van der Waals surface area contributed by atoms with Crippen molar-refractivity contribution in [1.29, 1.82) is 0 Å². The lowest BCUT2D eigenvalue weighted by Gasteiger charge is -2.21. The molecule has 7 heteroatoms. The van der Waals surface area contributed by atoms with Crippen LogP contribution in [-0.4, -0.2) is 41.5 Å². The molecule has 1 saturated heterocycles. The highest BCUT2D eigenvalue weighted by Gasteiger charge is 2.43. The number of amides is 2. The van der Waals surface area contributed by atoms with Gasteiger partial charge in [0.25, 0.3) is 0 Å². The van der Waals surface area contributed by atoms with Gasteiger partial charge < -0.3 is 21.5 Å². The quantitative estimate of drug-likeness (QED) is 0.509. The predicted molar refractivity (Wildman–Crippen MR) is 70.6 cm³/mol. The minimum absolute atomic E-state index is 0.0250. The van der Waals surface area contributed by atoms with Crippen LogP contribution in [0.4, 0.5) is 0 Å². The second-order valence-corrected chi connectivity index (χ2v) is 5.65. The smallest absolute Gasteiger partial charge is 0.326 e. The first kappa shape index (κ1) is 14.8. The van der Waals surface area contributed by atoms with E-state index < -0.39 is 17.9 Å². The van der Waals surface area contributed by atoms with Gasteiger partial charge in [-0.3, -0.25) is 9.59 Å². The molecule has 1 aliphatic heterocycles. The van der Waals surface area contributed by atoms with Crippen LogP contribution in [0.1, 0.15) is 32.1 Å². The van der Waals surface area contributed by atoms with Crippen LogP contribution in [0.3, 0.4) is 0 Å². The molecule has 2 aliphatic rings. The molecular weight excluding hydrogens is 262 g/mol. The van der Waals surface area contributed by atoms with Crippen LogP contribution in [0, 0.1) is 11.8 Å². The molecule has 7 nitrogen and oxygen atoms in total. The molecule has 1 aliphatic carbocycles. The molecular formula is C13H21N3O4. The fourth-order valence-corrected chi connectivity index (χ4v) is 3.28. The van der Waals surface area contributed by atoms with Crippen molar-refractivity contribution in [2.75, 3.05) is 6.54 Å². The van der Waals surface area contributed by atoms with E-state index in [9.17, 15) is 14.4 Å². The number of fused-ring (bicyclic) bond motifs is 1. The molecule has 4 atom stereocenters. The topological polar surface area (TPSA) is 122 Å². The van der Waals surface area contributed by atoms with Crippen LogP contribution < -0.4 is 16.4 Å². The fraction of sp³-hybridized carbons (Fsp3) is 0.769. The maximum atomic E-state index is 12.2. The Morgan fingerprint density at radius 1 is 1.35 bits per heavy atom. The number of rotatable bonds is 6. The van der Waals surface area contributed by atoms with Gasteiger partial charge in [-0.25, -0.2) is 4.79 Å². The summed E-state index contributed by atoms with van der Waals surface area (Å²) in [7, 11) is 0. The van der Waals surface area contributed by atoms with E-state index in [0.717, 1.165) is 25.8 Å². The maximum Gasteiger partial charge on any atom is 0.326 e. The molecule has 0 radical (unpaired) electrons. The first-order chi connectivity index (χ1) is 9.49. The van der Waals surface area contributed by atoms with Crippen LogP contribution >= 0.6 is 0 Å². The van der Waals surface area contributed by atoms with Crippen molar-refractivity contribution in [3.63, 3.8) is 0 Å². The van der Waals surface area contributed by atoms with Crippen LogP contribution in [-0.2, 0) is 14.4 Å². The van der Waals surface area contributed by atoms with Crippen molar-refractivity contribution < 1.29 is 19.5 Å². The normalized spacial score (nSPS) is 29.7. The van der Waals surface area contributed by atoms with Crippen LogP contribution in [0.25, 0.3) is 0 Å². The third-order valence-electron chi connectivity index (χ3n) is 4.32. The number of carboxylic acid groups (broad SMARTS) is 1. The average Bonchev–Trinajstić information content (AvgIpc) is 2.95. The van der Waals surface area contributed by atoms with Gasteiger partial charge in [0.1, 0.15) is 6.04 Å². The Morgan fingerprint density at radius 2 is 2.10 bits per heavy atom. The van der Waals surface area contributed by atoms with Crippen LogP contribution in [0.15, 0.2) is 0 Å². The Morgan fingerprint density at radius 3 is 2.75 bits per heavy atom. The van der Waals surface area contributed by atoms with E-state index >= 15 is 0 Å². The number of nitrogens with two attached hydrogens (primary N) is 1. The first-order valence-electron chi connectivity index (χ1n) is 7.04. The minimum Gasteiger partial charge on any atom is -0.480 e. The molecule has 3 unspecified atom stereocenters. The summed E-state index contributed by atoms with van der Waals surface area (Å²) in [5.74, 6) is -1.16. The Balaban J connectivity index is 1.91. The highest BCUT2D eigenvalue weighted by Crippen LogP contribution is 2.37. The number of primary amides is 1. The van der Waals surface area contributed by atoms with Crippen molar-refractivity contribution in [1.82, 2.24) is 10.6 Å². The van der Waals surface area contributed by atoms with Gasteiger partial charge in [0.15, 0.2) is 0 Å². The van der Waals surface area contributed by atoms with E-state index in [-0.39, 0.29) is 24.8 Å². The Hall–Kier alpha value is -1.63. The van der Waals surface area contributed by atoms with E-state index in [0.29, 0.717) is 11.8 Å². The van der Waals surface area contributed by atoms with Gasteiger partial charge in [-0.15, -0.1) is 0 Å². The third kappa shape index (κ3) is 3.27. The Labute approximate surface area is 117 Å². The summed E-state index contributed by atoms with van der Waals surface area (Å²) < 4.78 is 0. The van der Waals surface area contributed by atoms with Gasteiger partial charge in [-0.2, -0.15) is 0 Å². The molecule has 5 N–H and O–H groups in total. The molecule has 20 heavy (non-hydrogen) atoms. The average molecular weight is 283 g/mol. The molecule has 1 saturated carbocycles. The van der Waals surface area contributed by atoms with E-state index in [4.69, 9.17) is 10.8 Å². The molecule has 0 spiro atoms. The number of carbonyl (C=O) groups is 3. The molecule has 2 rings (SSSR count). The number of carboxylic acids is 1. The van der Waals surface area contributed by atoms with E-state index in [2.05, 4.69) is 10.6 Å². The van der Waals surface area contributed by atoms with E-state index in [1.54, 1.807) is 0 Å². The number of carbonyl (C=O) groups excluding carboxylic acids is 2. The standard InChI is InChI=1S/C13H21N3O4/c14-10(17)5-4-9(13(19)20)16-12(18)11-8-3-1-2-7(8)6-15-11/h7-9,11,15H,1-6H2,(H2,14,17)(H,16,18)(H,19,20)/t7?,8?,9-,11?/m1/s1. The maximum absolute atomic E-state index is 12.2. The van der Waals surface area contributed by atoms with Crippen molar-refractivity contribution in [2.24, 2.45) is 17.6 Å². The molecule has 0 aromatic rings. The zero-order valence-electron chi connectivity index (χ0n) is 11.3. The van der Waals surface area contributed by atoms with Crippen molar-refractivity contribution in [3.05, 3.63) is 0 Å². The lowest BCUT2D eigenvalue weighted by atomic mass is 9.93. The zero-order chi connectivity index (χ0) is 14.7. The van der Waals surface area contributed by atoms with Crippen molar-refractivity contribution in [3.8, 4) is 0 Å². The molecule has 2 fully saturated rings. The van der Waals surface area contributed by atoms with Gasteiger partial charge in [-0.05, 0) is 37.6 Å². The van der Waals surface area contributed by atoms with Gasteiger partial charge in [0.2, 0.25) is 11.8 Å². The SMILES string of the molecule is NC(=O)CC[C@@H](NC(=O)C1NCC2CCCC21)C(=O)O. The Bertz CT molecular complexity index is 412. The Kier molecular flexibility index (Phi) is 4.59. The lowest BCUT2D eigenvalue weighted by Crippen LogP contribution is -2.50. The summed E-state index contributed by atoms with van der Waals surface area (Å²) in [6, 6.07) is -1.37. The monoisotopic (exact) mass is 283 g/mol. The van der Waals surface area contributed by atoms with Crippen molar-refractivity contribution >= 4 is 17.8 Å². The van der Waals surface area contributed by atoms with Crippen LogP contribution in [0.2, 0.25) is 0 Å². The largest absolute Gasteiger partial charge is 0.480 e. The van der Waals surface area contributed by atoms with Gasteiger partial charge in [-0.1, -0.05) is 6.42 Å². The summed E-state index contributed by atoms with van der Waals surface area (Å²) in [5.41, 5.74) is 5.01. The van der Waals surface area contributed by atoms with Gasteiger partial charge in [0, 0.05) is 6.42 Å². The second kappa shape index (κ2) is 6.21. The fourth-order valence-electron chi connectivity index (χ4n) is 3.28. The summed E-state index contributed by atoms with van der Waals surface area (Å²) in [6.45, 7) is 0.821. The second-order valence-electron chi connectivity index (χ2n) is 5.65. The van der Waals surface area contributed by atoms with E-state index in [1.165, 1.54) is 0 Å². The molecule has 0 bridgehead atoms. The van der Waals surface area contributed by atoms with E-state index in [1.807, 2.05) is 0 Å². The summed E-state index contributed by atoms with van der Waals surface area (Å²) in [5, 5.41) is 14.8. The third-order valence-corrected chi connectivity index (χ3v) is 4.32. The highest BCUT2D eigenvalue weighted by molar-refractivity contribution is 5.87. The minimum atomic E-state index is -1.14. The summed E-state index contributed by atoms with van der Waals surface area (Å²) in [4.78, 5) is 34.0. The first-order valence-corrected chi connectivity index (χ1v) is 7.04. The summed E-state index contributed by atoms with van der Waals surface area (Å²) >= 11 is 0. The number of hydrogen-bond acceptors (Lipinski definition) is 4. The van der Waals surface area contributed by atoms with Crippen molar-refractivity contribution in [2.45, 2.75) is 44.2 Å². The zero-order valence-corrected chi connectivity index (χ0v) is 11.3. The van der Waals surface area contributed by atoms with Crippen LogP contribution in [0.5, 0.6) is 0 Å².